The maximum atomic E-state index is 13.9. The summed E-state index contributed by atoms with van der Waals surface area (Å²) in [6.45, 7) is 6.48. The minimum Gasteiger partial charge on any atom is -0.368 e. The van der Waals surface area contributed by atoms with Crippen LogP contribution in [0.25, 0.3) is 0 Å². The number of nitrogens with one attached hydrogen (secondary N) is 1. The third kappa shape index (κ3) is 4.43. The van der Waals surface area contributed by atoms with Gasteiger partial charge >= 0.3 is 0 Å². The summed E-state index contributed by atoms with van der Waals surface area (Å²) < 4.78 is 13.9. The molecule has 0 atom stereocenters. The Balaban J connectivity index is 2.11. The molecular weight excluding hydrogens is 285 g/mol. The molecule has 21 heavy (non-hydrogen) atoms. The third-order valence-corrected chi connectivity index (χ3v) is 3.95. The number of aryl methyl sites for hydroxylation is 2. The van der Waals surface area contributed by atoms with Gasteiger partial charge in [-0.15, -0.1) is 11.8 Å². The van der Waals surface area contributed by atoms with Crippen LogP contribution in [0.3, 0.4) is 0 Å². The molecule has 1 aromatic heterocycles. The van der Waals surface area contributed by atoms with E-state index in [0.717, 1.165) is 6.42 Å². The van der Waals surface area contributed by atoms with Crippen molar-refractivity contribution in [2.75, 3.05) is 11.9 Å². The van der Waals surface area contributed by atoms with Crippen LogP contribution in [0.4, 0.5) is 10.2 Å². The molecule has 0 spiro atoms. The van der Waals surface area contributed by atoms with Crippen LogP contribution in [0, 0.1) is 19.7 Å². The van der Waals surface area contributed by atoms with Gasteiger partial charge in [0, 0.05) is 11.4 Å². The number of benzene rings is 1. The van der Waals surface area contributed by atoms with Gasteiger partial charge in [0.05, 0.1) is 11.4 Å². The number of halogens is 1. The Hall–Kier alpha value is -1.62. The third-order valence-electron chi connectivity index (χ3n) is 2.96. The van der Waals surface area contributed by atoms with Crippen molar-refractivity contribution in [3.05, 3.63) is 47.2 Å². The van der Waals surface area contributed by atoms with Gasteiger partial charge in [-0.3, -0.25) is 0 Å². The summed E-state index contributed by atoms with van der Waals surface area (Å²) in [5.74, 6) is 1.24. The van der Waals surface area contributed by atoms with Gasteiger partial charge in [-0.2, -0.15) is 0 Å². The summed E-state index contributed by atoms with van der Waals surface area (Å²) in [4.78, 5) is 9.69. The second-order valence-electron chi connectivity index (χ2n) is 4.92. The molecule has 112 valence electrons. The highest BCUT2D eigenvalue weighted by molar-refractivity contribution is 7.98. The smallest absolute Gasteiger partial charge is 0.186 e. The SMILES string of the molecule is CCCNc1nc(CSc2cccc(C)c2)nc(C)c1F. The first-order valence-electron chi connectivity index (χ1n) is 7.06. The first-order chi connectivity index (χ1) is 10.1. The number of hydrogen-bond acceptors (Lipinski definition) is 4. The molecule has 1 heterocycles. The Kier molecular flexibility index (Phi) is 5.56. The fourth-order valence-electron chi connectivity index (χ4n) is 1.90. The number of rotatable bonds is 6. The quantitative estimate of drug-likeness (QED) is 0.805. The molecule has 0 aliphatic heterocycles. The van der Waals surface area contributed by atoms with E-state index < -0.39 is 0 Å². The lowest BCUT2D eigenvalue weighted by atomic mass is 10.2. The average Bonchev–Trinajstić information content (AvgIpc) is 2.47. The largest absolute Gasteiger partial charge is 0.368 e. The van der Waals surface area contributed by atoms with Crippen molar-refractivity contribution < 1.29 is 4.39 Å². The van der Waals surface area contributed by atoms with E-state index in [1.54, 1.807) is 18.7 Å². The van der Waals surface area contributed by atoms with Crippen molar-refractivity contribution in [1.82, 2.24) is 9.97 Å². The first kappa shape index (κ1) is 15.8. The van der Waals surface area contributed by atoms with E-state index in [0.29, 0.717) is 29.6 Å². The van der Waals surface area contributed by atoms with Gasteiger partial charge in [-0.25, -0.2) is 14.4 Å². The zero-order valence-corrected chi connectivity index (χ0v) is 13.4. The van der Waals surface area contributed by atoms with E-state index in [1.165, 1.54) is 10.5 Å². The lowest BCUT2D eigenvalue weighted by Gasteiger charge is -2.09. The molecule has 0 saturated heterocycles. The maximum absolute atomic E-state index is 13.9. The van der Waals surface area contributed by atoms with Crippen molar-refractivity contribution in [3.63, 3.8) is 0 Å². The number of hydrogen-bond donors (Lipinski definition) is 1. The Bertz CT molecular complexity index is 616. The zero-order valence-electron chi connectivity index (χ0n) is 12.6. The topological polar surface area (TPSA) is 37.8 Å². The van der Waals surface area contributed by atoms with Crippen LogP contribution >= 0.6 is 11.8 Å². The number of aromatic nitrogens is 2. The Morgan fingerprint density at radius 3 is 2.76 bits per heavy atom. The van der Waals surface area contributed by atoms with Crippen molar-refractivity contribution in [3.8, 4) is 0 Å². The van der Waals surface area contributed by atoms with E-state index in [1.807, 2.05) is 13.0 Å². The molecule has 1 N–H and O–H groups in total. The van der Waals surface area contributed by atoms with Crippen molar-refractivity contribution >= 4 is 17.6 Å². The van der Waals surface area contributed by atoms with Crippen molar-refractivity contribution in [2.45, 2.75) is 37.8 Å². The van der Waals surface area contributed by atoms with Crippen molar-refractivity contribution in [2.24, 2.45) is 0 Å². The van der Waals surface area contributed by atoms with E-state index in [4.69, 9.17) is 0 Å². The minimum absolute atomic E-state index is 0.309. The Morgan fingerprint density at radius 2 is 2.05 bits per heavy atom. The van der Waals surface area contributed by atoms with Crippen LogP contribution < -0.4 is 5.32 Å². The molecule has 0 radical (unpaired) electrons. The van der Waals surface area contributed by atoms with E-state index in [-0.39, 0.29) is 5.82 Å². The molecule has 2 aromatic rings. The van der Waals surface area contributed by atoms with Crippen LogP contribution in [0.15, 0.2) is 29.2 Å². The lowest BCUT2D eigenvalue weighted by Crippen LogP contribution is -2.09. The average molecular weight is 305 g/mol. The highest BCUT2D eigenvalue weighted by atomic mass is 32.2. The molecule has 1 aromatic carbocycles. The maximum Gasteiger partial charge on any atom is 0.186 e. The highest BCUT2D eigenvalue weighted by Gasteiger charge is 2.11. The monoisotopic (exact) mass is 305 g/mol. The van der Waals surface area contributed by atoms with Gasteiger partial charge in [0.1, 0.15) is 5.82 Å². The van der Waals surface area contributed by atoms with Crippen LogP contribution in [-0.4, -0.2) is 16.5 Å². The zero-order chi connectivity index (χ0) is 15.2. The predicted molar refractivity (Wildman–Crippen MR) is 86.2 cm³/mol. The second-order valence-corrected chi connectivity index (χ2v) is 5.97. The summed E-state index contributed by atoms with van der Waals surface area (Å²) in [7, 11) is 0. The molecule has 5 heteroatoms. The normalized spacial score (nSPS) is 10.7. The van der Waals surface area contributed by atoms with Gasteiger partial charge in [-0.05, 0) is 32.4 Å². The summed E-state index contributed by atoms with van der Waals surface area (Å²) >= 11 is 1.66. The molecule has 0 bridgehead atoms. The Labute approximate surface area is 129 Å². The van der Waals surface area contributed by atoms with Crippen LogP contribution in [0.1, 0.15) is 30.4 Å². The first-order valence-corrected chi connectivity index (χ1v) is 8.05. The van der Waals surface area contributed by atoms with Crippen LogP contribution in [0.2, 0.25) is 0 Å². The molecule has 2 rings (SSSR count). The molecule has 0 aliphatic rings. The van der Waals surface area contributed by atoms with Crippen LogP contribution in [0.5, 0.6) is 0 Å². The van der Waals surface area contributed by atoms with Gasteiger partial charge in [-0.1, -0.05) is 24.6 Å². The van der Waals surface area contributed by atoms with E-state index in [2.05, 4.69) is 40.4 Å². The fourth-order valence-corrected chi connectivity index (χ4v) is 2.76. The molecule has 0 saturated carbocycles. The standard InChI is InChI=1S/C16H20FN3S/c1-4-8-18-16-15(17)12(3)19-14(20-16)10-21-13-7-5-6-11(2)9-13/h5-7,9H,4,8,10H2,1-3H3,(H,18,19,20). The second kappa shape index (κ2) is 7.41. The summed E-state index contributed by atoms with van der Waals surface area (Å²) in [6.07, 6.45) is 0.926. The van der Waals surface area contributed by atoms with E-state index >= 15 is 0 Å². The number of nitrogens with zero attached hydrogens (tertiary/aromatic N) is 2. The molecule has 0 fully saturated rings. The van der Waals surface area contributed by atoms with Gasteiger partial charge in [0.15, 0.2) is 11.6 Å². The molecule has 0 amide bonds. The number of anilines is 1. The molecule has 0 aliphatic carbocycles. The Morgan fingerprint density at radius 1 is 1.24 bits per heavy atom. The summed E-state index contributed by atoms with van der Waals surface area (Å²) in [6, 6.07) is 8.28. The fraction of sp³-hybridized carbons (Fsp3) is 0.375. The molecule has 0 unspecified atom stereocenters. The minimum atomic E-state index is -0.354. The van der Waals surface area contributed by atoms with Gasteiger partial charge < -0.3 is 5.32 Å². The lowest BCUT2D eigenvalue weighted by molar-refractivity contribution is 0.601. The van der Waals surface area contributed by atoms with Gasteiger partial charge in [0.25, 0.3) is 0 Å². The molecular formula is C16H20FN3S. The van der Waals surface area contributed by atoms with Crippen LogP contribution in [-0.2, 0) is 5.75 Å². The molecule has 3 nitrogen and oxygen atoms in total. The number of thioether (sulfide) groups is 1. The summed E-state index contributed by atoms with van der Waals surface area (Å²) in [5, 5.41) is 3.02. The van der Waals surface area contributed by atoms with E-state index in [9.17, 15) is 4.39 Å². The predicted octanol–water partition coefficient (Wildman–Crippen LogP) is 4.35. The highest BCUT2D eigenvalue weighted by Crippen LogP contribution is 2.23. The summed E-state index contributed by atoms with van der Waals surface area (Å²) in [5.41, 5.74) is 1.62. The van der Waals surface area contributed by atoms with Gasteiger partial charge in [0.2, 0.25) is 0 Å². The van der Waals surface area contributed by atoms with Crippen molar-refractivity contribution in [1.29, 1.82) is 0 Å².